The van der Waals surface area contributed by atoms with E-state index in [1.54, 1.807) is 12.1 Å². The van der Waals surface area contributed by atoms with Gasteiger partial charge in [0.2, 0.25) is 34.8 Å². The van der Waals surface area contributed by atoms with Crippen molar-refractivity contribution in [3.05, 3.63) is 71.8 Å². The number of hydrogen-bond donors (Lipinski definition) is 0. The summed E-state index contributed by atoms with van der Waals surface area (Å²) in [5.74, 6) is -8.95. The van der Waals surface area contributed by atoms with Crippen molar-refractivity contribution in [3.63, 3.8) is 0 Å². The highest BCUT2D eigenvalue weighted by atomic mass is 19.2. The molecule has 6 nitrogen and oxygen atoms in total. The van der Waals surface area contributed by atoms with Crippen LogP contribution in [0.1, 0.15) is 0 Å². The summed E-state index contributed by atoms with van der Waals surface area (Å²) in [6.07, 6.45) is -0.00987. The molecule has 0 aliphatic carbocycles. The number of hydrogen-bond acceptors (Lipinski definition) is 6. The monoisotopic (exact) mass is 478 g/mol. The van der Waals surface area contributed by atoms with Crippen LogP contribution < -0.4 is 18.9 Å². The van der Waals surface area contributed by atoms with Gasteiger partial charge in [-0.05, 0) is 24.3 Å². The molecule has 10 heteroatoms. The van der Waals surface area contributed by atoms with Crippen LogP contribution in [0.5, 0.6) is 34.5 Å². The highest BCUT2D eigenvalue weighted by Gasteiger charge is 2.29. The molecule has 3 aromatic carbocycles. The molecule has 3 aromatic rings. The highest BCUT2D eigenvalue weighted by Crippen LogP contribution is 2.39. The van der Waals surface area contributed by atoms with Gasteiger partial charge in [-0.3, -0.25) is 0 Å². The second kappa shape index (κ2) is 9.40. The van der Waals surface area contributed by atoms with Gasteiger partial charge in [-0.2, -0.15) is 17.6 Å². The van der Waals surface area contributed by atoms with E-state index in [-0.39, 0.29) is 23.7 Å². The molecule has 0 amide bonds. The molecule has 2 aliphatic rings. The van der Waals surface area contributed by atoms with E-state index < -0.39 is 34.8 Å². The van der Waals surface area contributed by atoms with Crippen LogP contribution in [0, 0.1) is 23.3 Å². The van der Waals surface area contributed by atoms with E-state index >= 15 is 0 Å². The lowest BCUT2D eigenvalue weighted by Crippen LogP contribution is -2.05. The maximum Gasteiger partial charge on any atom is 0.208 e. The predicted molar refractivity (Wildman–Crippen MR) is 110 cm³/mol. The number of halogens is 4. The minimum Gasteiger partial charge on any atom is -0.491 e. The Morgan fingerprint density at radius 2 is 0.971 bits per heavy atom. The van der Waals surface area contributed by atoms with Crippen LogP contribution in [0.25, 0.3) is 0 Å². The zero-order chi connectivity index (χ0) is 23.7. The fourth-order valence-electron chi connectivity index (χ4n) is 2.97. The van der Waals surface area contributed by atoms with Gasteiger partial charge in [0.25, 0.3) is 0 Å². The third-order valence-electron chi connectivity index (χ3n) is 4.91. The topological polar surface area (TPSA) is 62.0 Å². The summed E-state index contributed by atoms with van der Waals surface area (Å²) in [7, 11) is 0. The van der Waals surface area contributed by atoms with Gasteiger partial charge in [-0.25, -0.2) is 0 Å². The molecule has 0 radical (unpaired) electrons. The third-order valence-corrected chi connectivity index (χ3v) is 4.91. The Morgan fingerprint density at radius 1 is 0.618 bits per heavy atom. The van der Waals surface area contributed by atoms with E-state index in [4.69, 9.17) is 28.4 Å². The number of epoxide rings is 2. The summed E-state index contributed by atoms with van der Waals surface area (Å²) >= 11 is 0. The SMILES string of the molecule is Fc1c(F)c(Oc2cccc(OC[C@H]3CO3)c2)c(F)c(F)c1Oc1cccc(OC[C@H]2CO2)c1. The Balaban J connectivity index is 1.35. The first-order valence-electron chi connectivity index (χ1n) is 10.4. The highest BCUT2D eigenvalue weighted by molar-refractivity contribution is 5.44. The van der Waals surface area contributed by atoms with Gasteiger partial charge >= 0.3 is 0 Å². The molecule has 0 spiro atoms. The summed E-state index contributed by atoms with van der Waals surface area (Å²) in [5.41, 5.74) is 0. The van der Waals surface area contributed by atoms with Gasteiger partial charge in [-0.1, -0.05) is 12.1 Å². The molecule has 34 heavy (non-hydrogen) atoms. The molecule has 2 fully saturated rings. The molecule has 0 N–H and O–H groups in total. The van der Waals surface area contributed by atoms with Crippen molar-refractivity contribution in [3.8, 4) is 34.5 Å². The van der Waals surface area contributed by atoms with Gasteiger partial charge in [0.15, 0.2) is 0 Å². The molecule has 2 aliphatic heterocycles. The minimum absolute atomic E-state index is 0.00494. The quantitative estimate of drug-likeness (QED) is 0.222. The standard InChI is InChI=1S/C24H18F4O6/c25-19-21(27)24(34-16-6-2-4-14(8-16)30-10-18-12-32-18)22(28)20(26)23(19)33-15-5-1-3-13(7-15)29-9-17-11-31-17/h1-8,17-18H,9-12H2/t17-,18-/m0/s1. The lowest BCUT2D eigenvalue weighted by Gasteiger charge is -2.14. The maximum absolute atomic E-state index is 14.7. The number of benzene rings is 3. The Bertz CT molecular complexity index is 1070. The van der Waals surface area contributed by atoms with Crippen LogP contribution >= 0.6 is 0 Å². The van der Waals surface area contributed by atoms with Crippen LogP contribution in [0.3, 0.4) is 0 Å². The normalized spacial score (nSPS) is 18.4. The van der Waals surface area contributed by atoms with Crippen molar-refractivity contribution in [1.82, 2.24) is 0 Å². The number of ether oxygens (including phenoxy) is 6. The first-order valence-corrected chi connectivity index (χ1v) is 10.4. The molecule has 5 rings (SSSR count). The largest absolute Gasteiger partial charge is 0.491 e. The van der Waals surface area contributed by atoms with Gasteiger partial charge in [0, 0.05) is 12.1 Å². The van der Waals surface area contributed by atoms with E-state index in [1.807, 2.05) is 0 Å². The maximum atomic E-state index is 14.7. The summed E-state index contributed by atoms with van der Waals surface area (Å²) in [6.45, 7) is 1.77. The molecule has 0 unspecified atom stereocenters. The molecule has 2 heterocycles. The van der Waals surface area contributed by atoms with Crippen molar-refractivity contribution in [2.75, 3.05) is 26.4 Å². The average molecular weight is 478 g/mol. The van der Waals surface area contributed by atoms with Crippen LogP contribution in [-0.4, -0.2) is 38.6 Å². The molecular weight excluding hydrogens is 460 g/mol. The van der Waals surface area contributed by atoms with E-state index in [9.17, 15) is 17.6 Å². The Labute approximate surface area is 191 Å². The van der Waals surface area contributed by atoms with Crippen LogP contribution in [0.15, 0.2) is 48.5 Å². The number of rotatable bonds is 10. The molecule has 0 aromatic heterocycles. The van der Waals surface area contributed by atoms with Crippen LogP contribution in [0.2, 0.25) is 0 Å². The van der Waals surface area contributed by atoms with Crippen LogP contribution in [-0.2, 0) is 9.47 Å². The summed E-state index contributed by atoms with van der Waals surface area (Å²) < 4.78 is 90.0. The zero-order valence-corrected chi connectivity index (χ0v) is 17.6. The molecule has 0 saturated carbocycles. The first kappa shape index (κ1) is 22.3. The van der Waals surface area contributed by atoms with Crippen molar-refractivity contribution in [2.24, 2.45) is 0 Å². The Hall–Kier alpha value is -3.50. The van der Waals surface area contributed by atoms with Gasteiger partial charge in [-0.15, -0.1) is 0 Å². The van der Waals surface area contributed by atoms with E-state index in [1.165, 1.54) is 36.4 Å². The summed E-state index contributed by atoms with van der Waals surface area (Å²) in [5, 5.41) is 0. The van der Waals surface area contributed by atoms with Crippen LogP contribution in [0.4, 0.5) is 17.6 Å². The summed E-state index contributed by atoms with van der Waals surface area (Å²) in [4.78, 5) is 0. The van der Waals surface area contributed by atoms with Crippen molar-refractivity contribution >= 4 is 0 Å². The van der Waals surface area contributed by atoms with E-state index in [0.29, 0.717) is 37.9 Å². The second-order valence-electron chi connectivity index (χ2n) is 7.60. The molecule has 2 saturated heterocycles. The third kappa shape index (κ3) is 5.18. The Kier molecular flexibility index (Phi) is 6.16. The lowest BCUT2D eigenvalue weighted by atomic mass is 10.2. The van der Waals surface area contributed by atoms with E-state index in [2.05, 4.69) is 0 Å². The zero-order valence-electron chi connectivity index (χ0n) is 17.6. The van der Waals surface area contributed by atoms with Gasteiger partial charge in [0.05, 0.1) is 13.2 Å². The fourth-order valence-corrected chi connectivity index (χ4v) is 2.97. The fraction of sp³-hybridized carbons (Fsp3) is 0.250. The van der Waals surface area contributed by atoms with Crippen molar-refractivity contribution < 1.29 is 46.0 Å². The smallest absolute Gasteiger partial charge is 0.208 e. The molecule has 178 valence electrons. The first-order chi connectivity index (χ1) is 16.5. The van der Waals surface area contributed by atoms with E-state index in [0.717, 1.165) is 0 Å². The Morgan fingerprint density at radius 3 is 1.32 bits per heavy atom. The second-order valence-corrected chi connectivity index (χ2v) is 7.60. The minimum atomic E-state index is -1.75. The molecule has 0 bridgehead atoms. The van der Waals surface area contributed by atoms with Gasteiger partial charge < -0.3 is 28.4 Å². The van der Waals surface area contributed by atoms with Crippen molar-refractivity contribution in [2.45, 2.75) is 12.2 Å². The molecular formula is C24H18F4O6. The van der Waals surface area contributed by atoms with Gasteiger partial charge in [0.1, 0.15) is 48.4 Å². The van der Waals surface area contributed by atoms with Crippen molar-refractivity contribution in [1.29, 1.82) is 0 Å². The molecule has 2 atom stereocenters. The lowest BCUT2D eigenvalue weighted by molar-refractivity contribution is 0.261. The average Bonchev–Trinajstić information content (AvgIpc) is 3.76. The predicted octanol–water partition coefficient (Wildman–Crippen LogP) is 5.38. The summed E-state index contributed by atoms with van der Waals surface area (Å²) in [6, 6.07) is 11.6.